The number of carbonyl (C=O) groups is 2. The summed E-state index contributed by atoms with van der Waals surface area (Å²) in [6, 6.07) is 7.56. The molecular formula is C22H28N4O2. The molecule has 2 aromatic rings. The predicted octanol–water partition coefficient (Wildman–Crippen LogP) is 3.07. The Balaban J connectivity index is 1.18. The number of aromatic amines is 1. The number of hydrogen-bond donors (Lipinski definition) is 3. The van der Waals surface area contributed by atoms with Gasteiger partial charge in [0.1, 0.15) is 5.82 Å². The summed E-state index contributed by atoms with van der Waals surface area (Å²) in [7, 11) is 0. The van der Waals surface area contributed by atoms with Gasteiger partial charge in [0.2, 0.25) is 11.8 Å². The third-order valence-corrected chi connectivity index (χ3v) is 7.12. The maximum absolute atomic E-state index is 13.0. The van der Waals surface area contributed by atoms with Gasteiger partial charge in [0.25, 0.3) is 0 Å². The van der Waals surface area contributed by atoms with Crippen LogP contribution < -0.4 is 10.6 Å². The van der Waals surface area contributed by atoms with Gasteiger partial charge in [0, 0.05) is 5.41 Å². The van der Waals surface area contributed by atoms with Gasteiger partial charge in [-0.1, -0.05) is 12.1 Å². The first-order valence-corrected chi connectivity index (χ1v) is 10.5. The van der Waals surface area contributed by atoms with Gasteiger partial charge in [-0.2, -0.15) is 0 Å². The summed E-state index contributed by atoms with van der Waals surface area (Å²) in [6.45, 7) is 1.93. The molecule has 4 bridgehead atoms. The molecule has 4 saturated carbocycles. The number of aromatic nitrogens is 2. The second-order valence-corrected chi connectivity index (χ2v) is 9.31. The first-order chi connectivity index (χ1) is 13.5. The maximum Gasteiger partial charge on any atom is 0.239 e. The molecule has 0 unspecified atom stereocenters. The lowest BCUT2D eigenvalue weighted by Gasteiger charge is -2.55. The summed E-state index contributed by atoms with van der Waals surface area (Å²) >= 11 is 0. The SMILES string of the molecule is C[C@H](NC(=O)CNC(=O)C12CC3CC(CC(C3)C1)C2)c1nc2ccccc2[nH]1. The van der Waals surface area contributed by atoms with Crippen molar-refractivity contribution in [1.29, 1.82) is 0 Å². The zero-order chi connectivity index (χ0) is 19.3. The van der Waals surface area contributed by atoms with Gasteiger partial charge >= 0.3 is 0 Å². The van der Waals surface area contributed by atoms with E-state index in [1.54, 1.807) is 0 Å². The Morgan fingerprint density at radius 2 is 1.79 bits per heavy atom. The van der Waals surface area contributed by atoms with E-state index >= 15 is 0 Å². The standard InChI is InChI=1S/C22H28N4O2/c1-13(20-25-17-4-2-3-5-18(17)26-20)24-19(27)12-23-21(28)22-9-14-6-15(10-22)8-16(7-14)11-22/h2-5,13-16H,6-12H2,1H3,(H,23,28)(H,24,27)(H,25,26)/t13-,14?,15?,16?,22?/m0/s1. The lowest BCUT2D eigenvalue weighted by Crippen LogP contribution is -2.54. The molecule has 4 aliphatic carbocycles. The molecule has 4 aliphatic rings. The molecule has 0 saturated heterocycles. The Hall–Kier alpha value is -2.37. The second kappa shape index (κ2) is 6.61. The van der Waals surface area contributed by atoms with Crippen LogP contribution >= 0.6 is 0 Å². The third kappa shape index (κ3) is 3.09. The van der Waals surface area contributed by atoms with Crippen molar-refractivity contribution in [2.75, 3.05) is 6.54 Å². The molecule has 6 nitrogen and oxygen atoms in total. The van der Waals surface area contributed by atoms with E-state index in [1.165, 1.54) is 19.3 Å². The minimum Gasteiger partial charge on any atom is -0.347 e. The maximum atomic E-state index is 13.0. The highest BCUT2D eigenvalue weighted by Crippen LogP contribution is 2.60. The number of imidazole rings is 1. The van der Waals surface area contributed by atoms with Crippen molar-refractivity contribution in [3.05, 3.63) is 30.1 Å². The Bertz CT molecular complexity index is 850. The Kier molecular flexibility index (Phi) is 4.18. The number of nitrogens with one attached hydrogen (secondary N) is 3. The highest BCUT2D eigenvalue weighted by molar-refractivity contribution is 5.88. The minimum absolute atomic E-state index is 0.0329. The van der Waals surface area contributed by atoms with E-state index < -0.39 is 0 Å². The van der Waals surface area contributed by atoms with Gasteiger partial charge in [-0.3, -0.25) is 9.59 Å². The van der Waals surface area contributed by atoms with Gasteiger partial charge in [0.15, 0.2) is 0 Å². The summed E-state index contributed by atoms with van der Waals surface area (Å²) in [4.78, 5) is 33.1. The molecule has 4 fully saturated rings. The van der Waals surface area contributed by atoms with Crippen LogP contribution in [0.3, 0.4) is 0 Å². The number of hydrogen-bond acceptors (Lipinski definition) is 3. The summed E-state index contributed by atoms with van der Waals surface area (Å²) in [5, 5.41) is 5.88. The molecule has 148 valence electrons. The number of rotatable bonds is 5. The molecule has 1 aromatic heterocycles. The fraction of sp³-hybridized carbons (Fsp3) is 0.591. The van der Waals surface area contributed by atoms with Gasteiger partial charge in [-0.25, -0.2) is 4.98 Å². The van der Waals surface area contributed by atoms with Crippen LogP contribution in [-0.4, -0.2) is 28.3 Å². The fourth-order valence-electron chi connectivity index (χ4n) is 6.28. The average Bonchev–Trinajstić information content (AvgIpc) is 3.09. The largest absolute Gasteiger partial charge is 0.347 e. The van der Waals surface area contributed by atoms with E-state index in [1.807, 2.05) is 31.2 Å². The summed E-state index contributed by atoms with van der Waals surface area (Å²) in [5.41, 5.74) is 1.63. The lowest BCUT2D eigenvalue weighted by atomic mass is 9.49. The van der Waals surface area contributed by atoms with Crippen LogP contribution in [0.1, 0.15) is 57.3 Å². The van der Waals surface area contributed by atoms with Crippen molar-refractivity contribution in [1.82, 2.24) is 20.6 Å². The number of carbonyl (C=O) groups excluding carboxylic acids is 2. The van der Waals surface area contributed by atoms with E-state index in [-0.39, 0.29) is 29.8 Å². The molecule has 0 spiro atoms. The van der Waals surface area contributed by atoms with Crippen molar-refractivity contribution in [2.45, 2.75) is 51.5 Å². The summed E-state index contributed by atoms with van der Waals surface area (Å²) < 4.78 is 0. The van der Waals surface area contributed by atoms with E-state index in [0.717, 1.165) is 53.9 Å². The van der Waals surface area contributed by atoms with Crippen LogP contribution in [0.4, 0.5) is 0 Å². The molecule has 1 aromatic carbocycles. The number of nitrogens with zero attached hydrogens (tertiary/aromatic N) is 1. The zero-order valence-electron chi connectivity index (χ0n) is 16.3. The van der Waals surface area contributed by atoms with E-state index in [0.29, 0.717) is 0 Å². The predicted molar refractivity (Wildman–Crippen MR) is 106 cm³/mol. The van der Waals surface area contributed by atoms with Crippen molar-refractivity contribution >= 4 is 22.8 Å². The molecule has 1 heterocycles. The Morgan fingerprint density at radius 3 is 2.43 bits per heavy atom. The Morgan fingerprint density at radius 1 is 1.14 bits per heavy atom. The van der Waals surface area contributed by atoms with Crippen LogP contribution in [0.2, 0.25) is 0 Å². The quantitative estimate of drug-likeness (QED) is 0.745. The van der Waals surface area contributed by atoms with Gasteiger partial charge in [-0.05, 0) is 75.3 Å². The number of amides is 2. The molecule has 3 N–H and O–H groups in total. The minimum atomic E-state index is -0.239. The van der Waals surface area contributed by atoms with E-state index in [4.69, 9.17) is 0 Å². The normalized spacial score (nSPS) is 31.7. The third-order valence-electron chi connectivity index (χ3n) is 7.12. The van der Waals surface area contributed by atoms with Crippen LogP contribution in [0.15, 0.2) is 24.3 Å². The van der Waals surface area contributed by atoms with Crippen LogP contribution in [0.5, 0.6) is 0 Å². The van der Waals surface area contributed by atoms with Crippen molar-refractivity contribution in [3.8, 4) is 0 Å². The molecule has 0 radical (unpaired) electrons. The number of H-pyrrole nitrogens is 1. The van der Waals surface area contributed by atoms with Gasteiger partial charge in [0.05, 0.1) is 23.6 Å². The summed E-state index contributed by atoms with van der Waals surface area (Å²) in [5.74, 6) is 2.81. The van der Waals surface area contributed by atoms with E-state index in [2.05, 4.69) is 20.6 Å². The smallest absolute Gasteiger partial charge is 0.239 e. The second-order valence-electron chi connectivity index (χ2n) is 9.31. The fourth-order valence-corrected chi connectivity index (χ4v) is 6.28. The highest BCUT2D eigenvalue weighted by atomic mass is 16.2. The first kappa shape index (κ1) is 17.7. The first-order valence-electron chi connectivity index (χ1n) is 10.5. The molecule has 28 heavy (non-hydrogen) atoms. The van der Waals surface area contributed by atoms with Crippen LogP contribution in [-0.2, 0) is 9.59 Å². The van der Waals surface area contributed by atoms with Crippen molar-refractivity contribution in [3.63, 3.8) is 0 Å². The number of para-hydroxylation sites is 2. The van der Waals surface area contributed by atoms with E-state index in [9.17, 15) is 9.59 Å². The number of benzene rings is 1. The van der Waals surface area contributed by atoms with Crippen molar-refractivity contribution < 1.29 is 9.59 Å². The molecular weight excluding hydrogens is 352 g/mol. The van der Waals surface area contributed by atoms with Crippen LogP contribution in [0.25, 0.3) is 11.0 Å². The molecule has 6 heteroatoms. The highest BCUT2D eigenvalue weighted by Gasteiger charge is 2.54. The van der Waals surface area contributed by atoms with Crippen LogP contribution in [0, 0.1) is 23.2 Å². The Labute approximate surface area is 164 Å². The molecule has 1 atom stereocenters. The lowest BCUT2D eigenvalue weighted by molar-refractivity contribution is -0.147. The summed E-state index contributed by atoms with van der Waals surface area (Å²) in [6.07, 6.45) is 6.97. The van der Waals surface area contributed by atoms with Crippen molar-refractivity contribution in [2.24, 2.45) is 23.2 Å². The van der Waals surface area contributed by atoms with Gasteiger partial charge in [-0.15, -0.1) is 0 Å². The molecule has 0 aliphatic heterocycles. The number of fused-ring (bicyclic) bond motifs is 1. The topological polar surface area (TPSA) is 86.9 Å². The zero-order valence-corrected chi connectivity index (χ0v) is 16.3. The molecule has 6 rings (SSSR count). The van der Waals surface area contributed by atoms with Gasteiger partial charge < -0.3 is 15.6 Å². The molecule has 2 amide bonds. The monoisotopic (exact) mass is 380 g/mol. The average molecular weight is 380 g/mol.